The first-order valence-electron chi connectivity index (χ1n) is 9.11. The molecule has 2 amide bonds. The number of aromatic nitrogens is 3. The summed E-state index contributed by atoms with van der Waals surface area (Å²) < 4.78 is 7.67. The first-order chi connectivity index (χ1) is 12.4. The summed E-state index contributed by atoms with van der Waals surface area (Å²) in [5, 5.41) is 12.1. The number of hydrogen-bond acceptors (Lipinski definition) is 6. The number of carbonyl (C=O) groups is 2. The average molecular weight is 384 g/mol. The van der Waals surface area contributed by atoms with Gasteiger partial charge >= 0.3 is 0 Å². The van der Waals surface area contributed by atoms with Crippen molar-refractivity contribution < 1.29 is 14.3 Å². The second-order valence-electron chi connectivity index (χ2n) is 7.00. The lowest BCUT2D eigenvalue weighted by Gasteiger charge is -2.17. The molecule has 2 atom stereocenters. The molecule has 1 aromatic heterocycles. The van der Waals surface area contributed by atoms with Crippen LogP contribution in [0.25, 0.3) is 0 Å². The lowest BCUT2D eigenvalue weighted by atomic mass is 10.1. The van der Waals surface area contributed by atoms with Gasteiger partial charge in [0.05, 0.1) is 18.4 Å². The van der Waals surface area contributed by atoms with Crippen molar-refractivity contribution in [3.8, 4) is 0 Å². The summed E-state index contributed by atoms with van der Waals surface area (Å²) in [6.07, 6.45) is 2.81. The van der Waals surface area contributed by atoms with Crippen LogP contribution in [0, 0.1) is 5.92 Å². The molecule has 1 fully saturated rings. The number of hydrogen-bond donors (Lipinski definition) is 2. The Morgan fingerprint density at radius 1 is 1.38 bits per heavy atom. The Bertz CT molecular complexity index is 614. The first kappa shape index (κ1) is 20.7. The van der Waals surface area contributed by atoms with Gasteiger partial charge in [-0.2, -0.15) is 0 Å². The fourth-order valence-corrected chi connectivity index (χ4v) is 3.39. The van der Waals surface area contributed by atoms with Gasteiger partial charge < -0.3 is 20.4 Å². The third-order valence-electron chi connectivity index (χ3n) is 4.52. The molecule has 8 nitrogen and oxygen atoms in total. The summed E-state index contributed by atoms with van der Waals surface area (Å²) in [7, 11) is 0. The van der Waals surface area contributed by atoms with Crippen LogP contribution >= 0.6 is 11.8 Å². The summed E-state index contributed by atoms with van der Waals surface area (Å²) in [6, 6.07) is 0.124. The maximum absolute atomic E-state index is 12.1. The monoisotopic (exact) mass is 383 g/mol. The minimum Gasteiger partial charge on any atom is -0.376 e. The zero-order valence-corrected chi connectivity index (χ0v) is 16.6. The van der Waals surface area contributed by atoms with Gasteiger partial charge in [0, 0.05) is 25.5 Å². The molecule has 0 bridgehead atoms. The molecule has 2 rings (SSSR count). The van der Waals surface area contributed by atoms with E-state index in [4.69, 9.17) is 10.5 Å². The molecule has 0 radical (unpaired) electrons. The van der Waals surface area contributed by atoms with E-state index < -0.39 is 0 Å². The Hall–Kier alpha value is -1.61. The molecule has 146 valence electrons. The van der Waals surface area contributed by atoms with Gasteiger partial charge in [-0.25, -0.2) is 0 Å². The van der Waals surface area contributed by atoms with Gasteiger partial charge in [0.15, 0.2) is 5.16 Å². The molecule has 0 saturated carbocycles. The second kappa shape index (κ2) is 9.91. The molecular weight excluding hydrogens is 354 g/mol. The van der Waals surface area contributed by atoms with Gasteiger partial charge in [-0.1, -0.05) is 25.6 Å². The number of ether oxygens (including phenoxy) is 1. The second-order valence-corrected chi connectivity index (χ2v) is 7.94. The summed E-state index contributed by atoms with van der Waals surface area (Å²) in [5.41, 5.74) is 5.25. The topological polar surface area (TPSA) is 112 Å². The molecule has 0 unspecified atom stereocenters. The van der Waals surface area contributed by atoms with Gasteiger partial charge in [0.2, 0.25) is 11.8 Å². The maximum Gasteiger partial charge on any atom is 0.230 e. The van der Waals surface area contributed by atoms with E-state index in [1.807, 2.05) is 11.5 Å². The Labute approximate surface area is 158 Å². The number of primary amides is 1. The Morgan fingerprint density at radius 3 is 2.77 bits per heavy atom. The van der Waals surface area contributed by atoms with Crippen LogP contribution < -0.4 is 11.1 Å². The summed E-state index contributed by atoms with van der Waals surface area (Å²) in [4.78, 5) is 23.2. The molecule has 0 spiro atoms. The van der Waals surface area contributed by atoms with E-state index in [1.54, 1.807) is 0 Å². The molecule has 1 aliphatic rings. The van der Waals surface area contributed by atoms with Crippen molar-refractivity contribution in [3.05, 3.63) is 5.82 Å². The van der Waals surface area contributed by atoms with Crippen LogP contribution in [0.4, 0.5) is 0 Å². The molecule has 0 aliphatic carbocycles. The van der Waals surface area contributed by atoms with Crippen LogP contribution in [0.2, 0.25) is 0 Å². The molecule has 3 N–H and O–H groups in total. The first-order valence-corrected chi connectivity index (χ1v) is 10.1. The number of rotatable bonds is 10. The van der Waals surface area contributed by atoms with E-state index >= 15 is 0 Å². The van der Waals surface area contributed by atoms with Gasteiger partial charge in [-0.15, -0.1) is 10.2 Å². The number of nitrogens with two attached hydrogens (primary N) is 1. The van der Waals surface area contributed by atoms with Crippen molar-refractivity contribution in [2.24, 2.45) is 11.7 Å². The van der Waals surface area contributed by atoms with E-state index in [0.29, 0.717) is 29.9 Å². The van der Waals surface area contributed by atoms with Gasteiger partial charge in [-0.3, -0.25) is 9.59 Å². The van der Waals surface area contributed by atoms with Crippen molar-refractivity contribution >= 4 is 23.6 Å². The highest BCUT2D eigenvalue weighted by Crippen LogP contribution is 2.22. The third kappa shape index (κ3) is 6.28. The Morgan fingerprint density at radius 2 is 2.15 bits per heavy atom. The van der Waals surface area contributed by atoms with E-state index in [0.717, 1.165) is 19.4 Å². The van der Waals surface area contributed by atoms with Crippen molar-refractivity contribution in [3.63, 3.8) is 0 Å². The predicted octanol–water partition coefficient (Wildman–Crippen LogP) is 1.13. The fourth-order valence-electron chi connectivity index (χ4n) is 2.61. The molecular formula is C17H29N5O3S. The van der Waals surface area contributed by atoms with E-state index in [9.17, 15) is 9.59 Å². The molecule has 0 aromatic carbocycles. The minimum absolute atomic E-state index is 0.0263. The smallest absolute Gasteiger partial charge is 0.230 e. The van der Waals surface area contributed by atoms with Gasteiger partial charge in [-0.05, 0) is 25.7 Å². The number of amides is 2. The SMILES string of the molecule is CC(C)[C@H](C)NC(=O)CSc1nnc(CCC(N)=O)n1C[C@@H]1CCCO1. The van der Waals surface area contributed by atoms with Gasteiger partial charge in [0.25, 0.3) is 0 Å². The normalized spacial score (nSPS) is 18.2. The fraction of sp³-hybridized carbons (Fsp3) is 0.765. The summed E-state index contributed by atoms with van der Waals surface area (Å²) in [6.45, 7) is 7.53. The zero-order chi connectivity index (χ0) is 19.1. The molecule has 1 saturated heterocycles. The predicted molar refractivity (Wildman–Crippen MR) is 99.7 cm³/mol. The number of aryl methyl sites for hydroxylation is 1. The zero-order valence-electron chi connectivity index (χ0n) is 15.7. The highest BCUT2D eigenvalue weighted by molar-refractivity contribution is 7.99. The van der Waals surface area contributed by atoms with E-state index in [2.05, 4.69) is 29.4 Å². The lowest BCUT2D eigenvalue weighted by molar-refractivity contribution is -0.119. The Kier molecular flexibility index (Phi) is 7.89. The minimum atomic E-state index is -0.368. The van der Waals surface area contributed by atoms with Crippen molar-refractivity contribution in [2.75, 3.05) is 12.4 Å². The van der Waals surface area contributed by atoms with Crippen LogP contribution in [0.3, 0.4) is 0 Å². The van der Waals surface area contributed by atoms with E-state index in [-0.39, 0.29) is 36.1 Å². The molecule has 2 heterocycles. The van der Waals surface area contributed by atoms with Crippen LogP contribution in [0.15, 0.2) is 5.16 Å². The maximum atomic E-state index is 12.1. The Balaban J connectivity index is 2.01. The molecule has 1 aromatic rings. The standard InChI is InChI=1S/C17H29N5O3S/c1-11(2)12(3)19-16(24)10-26-17-21-20-15(7-6-14(18)23)22(17)9-13-5-4-8-25-13/h11-13H,4-10H2,1-3H3,(H2,18,23)(H,19,24)/t12-,13-/m0/s1. The summed E-state index contributed by atoms with van der Waals surface area (Å²) >= 11 is 1.35. The van der Waals surface area contributed by atoms with Crippen molar-refractivity contribution in [1.82, 2.24) is 20.1 Å². The van der Waals surface area contributed by atoms with Crippen LogP contribution in [-0.4, -0.2) is 51.1 Å². The summed E-state index contributed by atoms with van der Waals surface area (Å²) in [5.74, 6) is 0.969. The number of nitrogens with zero attached hydrogens (tertiary/aromatic N) is 3. The quantitative estimate of drug-likeness (QED) is 0.586. The number of thioether (sulfide) groups is 1. The van der Waals surface area contributed by atoms with E-state index in [1.165, 1.54) is 11.8 Å². The van der Waals surface area contributed by atoms with Crippen molar-refractivity contribution in [2.45, 2.75) is 70.3 Å². The van der Waals surface area contributed by atoms with Crippen molar-refractivity contribution in [1.29, 1.82) is 0 Å². The third-order valence-corrected chi connectivity index (χ3v) is 5.49. The number of carbonyl (C=O) groups excluding carboxylic acids is 2. The number of nitrogens with one attached hydrogen (secondary N) is 1. The molecule has 26 heavy (non-hydrogen) atoms. The largest absolute Gasteiger partial charge is 0.376 e. The van der Waals surface area contributed by atoms with Crippen LogP contribution in [0.1, 0.15) is 45.9 Å². The van der Waals surface area contributed by atoms with Gasteiger partial charge in [0.1, 0.15) is 5.82 Å². The molecule has 1 aliphatic heterocycles. The average Bonchev–Trinajstić information content (AvgIpc) is 3.21. The van der Waals surface area contributed by atoms with Crippen LogP contribution in [0.5, 0.6) is 0 Å². The lowest BCUT2D eigenvalue weighted by Crippen LogP contribution is -2.37. The highest BCUT2D eigenvalue weighted by Gasteiger charge is 2.22. The molecule has 9 heteroatoms. The van der Waals surface area contributed by atoms with Crippen LogP contribution in [-0.2, 0) is 27.3 Å². The highest BCUT2D eigenvalue weighted by atomic mass is 32.2.